The minimum atomic E-state index is 0.106. The van der Waals surface area contributed by atoms with Crippen molar-refractivity contribution in [3.05, 3.63) is 34.3 Å². The minimum absolute atomic E-state index is 0.106. The average Bonchev–Trinajstić information content (AvgIpc) is 2.42. The predicted octanol–water partition coefficient (Wildman–Crippen LogP) is 4.27. The highest BCUT2D eigenvalue weighted by atomic mass is 35.5. The van der Waals surface area contributed by atoms with E-state index >= 15 is 0 Å². The van der Waals surface area contributed by atoms with Gasteiger partial charge in [0.15, 0.2) is 0 Å². The van der Waals surface area contributed by atoms with Gasteiger partial charge < -0.3 is 4.90 Å². The molecule has 1 aliphatic rings. The van der Waals surface area contributed by atoms with Gasteiger partial charge in [-0.25, -0.2) is 0 Å². The molecule has 1 amide bonds. The zero-order valence-corrected chi connectivity index (χ0v) is 12.7. The number of nitrogens with zero attached hydrogens (tertiary/aromatic N) is 1. The first-order valence-electron chi connectivity index (χ1n) is 6.76. The number of carbonyl (C=O) groups excluding carboxylic acids is 1. The largest absolute Gasteiger partial charge is 0.336 e. The van der Waals surface area contributed by atoms with Crippen molar-refractivity contribution in [2.45, 2.75) is 38.6 Å². The highest BCUT2D eigenvalue weighted by molar-refractivity contribution is 6.31. The Kier molecular flexibility index (Phi) is 5.12. The predicted molar refractivity (Wildman–Crippen MR) is 80.2 cm³/mol. The third kappa shape index (κ3) is 3.43. The number of aryl methyl sites for hydroxylation is 1. The van der Waals surface area contributed by atoms with E-state index in [9.17, 15) is 4.79 Å². The van der Waals surface area contributed by atoms with Gasteiger partial charge >= 0.3 is 0 Å². The van der Waals surface area contributed by atoms with E-state index in [0.717, 1.165) is 36.9 Å². The second-order valence-electron chi connectivity index (χ2n) is 5.09. The summed E-state index contributed by atoms with van der Waals surface area (Å²) in [4.78, 5) is 14.6. The molecule has 0 saturated carbocycles. The molecule has 1 aromatic carbocycles. The molecule has 2 nitrogen and oxygen atoms in total. The maximum Gasteiger partial charge on any atom is 0.254 e. The maximum absolute atomic E-state index is 12.6. The molecule has 1 saturated heterocycles. The SMILES string of the molecule is Cc1cc(C(=O)N2CCCCC2CCCl)ccc1Cl. The standard InChI is InChI=1S/C15H19Cl2NO/c1-11-10-12(5-6-14(11)17)15(19)18-9-3-2-4-13(18)7-8-16/h5-6,10,13H,2-4,7-9H2,1H3. The molecule has 19 heavy (non-hydrogen) atoms. The highest BCUT2D eigenvalue weighted by Gasteiger charge is 2.27. The van der Waals surface area contributed by atoms with Crippen LogP contribution in [0.15, 0.2) is 18.2 Å². The average molecular weight is 300 g/mol. The lowest BCUT2D eigenvalue weighted by atomic mass is 9.98. The number of piperidine rings is 1. The van der Waals surface area contributed by atoms with Gasteiger partial charge in [0.2, 0.25) is 0 Å². The summed E-state index contributed by atoms with van der Waals surface area (Å²) in [5.41, 5.74) is 1.67. The molecule has 2 rings (SSSR count). The number of hydrogen-bond acceptors (Lipinski definition) is 1. The van der Waals surface area contributed by atoms with Crippen LogP contribution >= 0.6 is 23.2 Å². The summed E-state index contributed by atoms with van der Waals surface area (Å²) in [5.74, 6) is 0.711. The minimum Gasteiger partial charge on any atom is -0.336 e. The van der Waals surface area contributed by atoms with Crippen LogP contribution in [0.1, 0.15) is 41.6 Å². The Morgan fingerprint density at radius 3 is 2.89 bits per heavy atom. The second-order valence-corrected chi connectivity index (χ2v) is 5.87. The molecule has 0 radical (unpaired) electrons. The Hall–Kier alpha value is -0.730. The second kappa shape index (κ2) is 6.62. The number of rotatable bonds is 3. The molecule has 1 unspecified atom stereocenters. The fourth-order valence-electron chi connectivity index (χ4n) is 2.64. The van der Waals surface area contributed by atoms with Crippen molar-refractivity contribution in [2.24, 2.45) is 0 Å². The number of benzene rings is 1. The third-order valence-corrected chi connectivity index (χ3v) is 4.38. The lowest BCUT2D eigenvalue weighted by Crippen LogP contribution is -2.44. The van der Waals surface area contributed by atoms with Crippen LogP contribution in [0.5, 0.6) is 0 Å². The molecule has 0 bridgehead atoms. The number of amides is 1. The van der Waals surface area contributed by atoms with Gasteiger partial charge in [0.1, 0.15) is 0 Å². The van der Waals surface area contributed by atoms with Gasteiger partial charge in [0.25, 0.3) is 5.91 Å². The first-order valence-corrected chi connectivity index (χ1v) is 7.68. The topological polar surface area (TPSA) is 20.3 Å². The molecule has 1 atom stereocenters. The molecule has 0 aromatic heterocycles. The molecule has 0 spiro atoms. The fraction of sp³-hybridized carbons (Fsp3) is 0.533. The smallest absolute Gasteiger partial charge is 0.254 e. The number of carbonyl (C=O) groups is 1. The summed E-state index contributed by atoms with van der Waals surface area (Å²) < 4.78 is 0. The number of likely N-dealkylation sites (tertiary alicyclic amines) is 1. The van der Waals surface area contributed by atoms with Gasteiger partial charge in [-0.3, -0.25) is 4.79 Å². The Balaban J connectivity index is 2.18. The molecule has 0 aliphatic carbocycles. The molecule has 104 valence electrons. The zero-order chi connectivity index (χ0) is 13.8. The van der Waals surface area contributed by atoms with Crippen LogP contribution in [0, 0.1) is 6.92 Å². The summed E-state index contributed by atoms with van der Waals surface area (Å²) in [6.45, 7) is 2.76. The first kappa shape index (κ1) is 14.7. The molecule has 1 fully saturated rings. The van der Waals surface area contributed by atoms with Gasteiger partial charge in [0.05, 0.1) is 0 Å². The van der Waals surface area contributed by atoms with Gasteiger partial charge in [-0.05, 0) is 56.4 Å². The van der Waals surface area contributed by atoms with E-state index < -0.39 is 0 Å². The van der Waals surface area contributed by atoms with Crippen LogP contribution in [0.3, 0.4) is 0 Å². The van der Waals surface area contributed by atoms with Crippen LogP contribution in [0.2, 0.25) is 5.02 Å². The van der Waals surface area contributed by atoms with Crippen molar-refractivity contribution in [1.82, 2.24) is 4.90 Å². The fourth-order valence-corrected chi connectivity index (χ4v) is 3.01. The molecular weight excluding hydrogens is 281 g/mol. The lowest BCUT2D eigenvalue weighted by molar-refractivity contribution is 0.0609. The van der Waals surface area contributed by atoms with Gasteiger partial charge in [0, 0.05) is 29.1 Å². The van der Waals surface area contributed by atoms with E-state index in [1.807, 2.05) is 24.0 Å². The molecule has 0 N–H and O–H groups in total. The van der Waals surface area contributed by atoms with Crippen LogP contribution in [0.4, 0.5) is 0 Å². The van der Waals surface area contributed by atoms with Crippen LogP contribution < -0.4 is 0 Å². The van der Waals surface area contributed by atoms with Crippen molar-refractivity contribution in [1.29, 1.82) is 0 Å². The Labute approximate surface area is 124 Å². The highest BCUT2D eigenvalue weighted by Crippen LogP contribution is 2.24. The van der Waals surface area contributed by atoms with Crippen molar-refractivity contribution in [3.8, 4) is 0 Å². The summed E-state index contributed by atoms with van der Waals surface area (Å²) in [6.07, 6.45) is 4.20. The molecular formula is C15H19Cl2NO. The van der Waals surface area contributed by atoms with Gasteiger partial charge in [-0.1, -0.05) is 11.6 Å². The van der Waals surface area contributed by atoms with Crippen molar-refractivity contribution >= 4 is 29.1 Å². The van der Waals surface area contributed by atoms with Crippen LogP contribution in [-0.2, 0) is 0 Å². The normalized spacial score (nSPS) is 19.5. The quantitative estimate of drug-likeness (QED) is 0.763. The van der Waals surface area contributed by atoms with E-state index in [2.05, 4.69) is 0 Å². The van der Waals surface area contributed by atoms with Gasteiger partial charge in [-0.2, -0.15) is 0 Å². The van der Waals surface area contributed by atoms with Crippen LogP contribution in [-0.4, -0.2) is 29.3 Å². The van der Waals surface area contributed by atoms with Crippen molar-refractivity contribution in [3.63, 3.8) is 0 Å². The Morgan fingerprint density at radius 1 is 1.42 bits per heavy atom. The monoisotopic (exact) mass is 299 g/mol. The summed E-state index contributed by atoms with van der Waals surface area (Å²) in [5, 5.41) is 0.701. The Morgan fingerprint density at radius 2 is 2.21 bits per heavy atom. The van der Waals surface area contributed by atoms with Crippen molar-refractivity contribution < 1.29 is 4.79 Å². The maximum atomic E-state index is 12.6. The van der Waals surface area contributed by atoms with Crippen molar-refractivity contribution in [2.75, 3.05) is 12.4 Å². The van der Waals surface area contributed by atoms with E-state index in [1.165, 1.54) is 6.42 Å². The Bertz CT molecular complexity index is 459. The van der Waals surface area contributed by atoms with E-state index in [1.54, 1.807) is 6.07 Å². The lowest BCUT2D eigenvalue weighted by Gasteiger charge is -2.35. The number of alkyl halides is 1. The molecule has 1 aromatic rings. The summed E-state index contributed by atoms with van der Waals surface area (Å²) in [6, 6.07) is 5.76. The molecule has 1 heterocycles. The van der Waals surface area contributed by atoms with E-state index in [4.69, 9.17) is 23.2 Å². The first-order chi connectivity index (χ1) is 9.13. The summed E-state index contributed by atoms with van der Waals surface area (Å²) >= 11 is 11.8. The number of halogens is 2. The number of hydrogen-bond donors (Lipinski definition) is 0. The van der Waals surface area contributed by atoms with E-state index in [-0.39, 0.29) is 11.9 Å². The van der Waals surface area contributed by atoms with Gasteiger partial charge in [-0.15, -0.1) is 11.6 Å². The molecule has 4 heteroatoms. The summed E-state index contributed by atoms with van der Waals surface area (Å²) in [7, 11) is 0. The van der Waals surface area contributed by atoms with E-state index in [0.29, 0.717) is 10.9 Å². The third-order valence-electron chi connectivity index (χ3n) is 3.74. The zero-order valence-electron chi connectivity index (χ0n) is 11.2. The van der Waals surface area contributed by atoms with Crippen LogP contribution in [0.25, 0.3) is 0 Å². The molecule has 1 aliphatic heterocycles.